The van der Waals surface area contributed by atoms with Crippen molar-refractivity contribution in [1.29, 1.82) is 0 Å². The maximum absolute atomic E-state index is 12.3. The van der Waals surface area contributed by atoms with E-state index in [4.69, 9.17) is 4.74 Å². The van der Waals surface area contributed by atoms with Crippen LogP contribution in [0.2, 0.25) is 0 Å². The summed E-state index contributed by atoms with van der Waals surface area (Å²) in [6.45, 7) is 2.04. The molecule has 136 valence electrons. The summed E-state index contributed by atoms with van der Waals surface area (Å²) >= 11 is 0. The van der Waals surface area contributed by atoms with Crippen molar-refractivity contribution in [2.75, 3.05) is 26.7 Å². The Morgan fingerprint density at radius 3 is 2.85 bits per heavy atom. The lowest BCUT2D eigenvalue weighted by Gasteiger charge is -2.15. The molecule has 2 aromatic heterocycles. The van der Waals surface area contributed by atoms with Crippen molar-refractivity contribution in [3.63, 3.8) is 0 Å². The molecule has 7 nitrogen and oxygen atoms in total. The lowest BCUT2D eigenvalue weighted by atomic mass is 10.1. The first-order valence-electron chi connectivity index (χ1n) is 8.69. The molecule has 1 fully saturated rings. The fourth-order valence-electron chi connectivity index (χ4n) is 2.91. The number of carbonyl (C=O) groups is 2. The number of rotatable bonds is 7. The molecule has 3 heterocycles. The Labute approximate surface area is 152 Å². The zero-order chi connectivity index (χ0) is 18.4. The Bertz CT molecular complexity index is 777. The highest BCUT2D eigenvalue weighted by atomic mass is 16.5. The molecule has 26 heavy (non-hydrogen) atoms. The van der Waals surface area contributed by atoms with Crippen LogP contribution < -0.4 is 10.1 Å². The Kier molecular flexibility index (Phi) is 5.78. The van der Waals surface area contributed by atoms with Gasteiger partial charge in [-0.25, -0.2) is 4.98 Å². The molecule has 7 heteroatoms. The van der Waals surface area contributed by atoms with Crippen molar-refractivity contribution in [3.8, 4) is 17.0 Å². The number of pyridine rings is 2. The summed E-state index contributed by atoms with van der Waals surface area (Å²) in [5.41, 5.74) is 2.17. The molecule has 0 aliphatic carbocycles. The second-order valence-electron chi connectivity index (χ2n) is 6.15. The highest BCUT2D eigenvalue weighted by Crippen LogP contribution is 2.20. The van der Waals surface area contributed by atoms with E-state index in [0.717, 1.165) is 30.5 Å². The monoisotopic (exact) mass is 354 g/mol. The highest BCUT2D eigenvalue weighted by molar-refractivity contribution is 5.95. The van der Waals surface area contributed by atoms with Crippen LogP contribution in [0.15, 0.2) is 36.8 Å². The van der Waals surface area contributed by atoms with Crippen LogP contribution in [-0.4, -0.2) is 53.4 Å². The first kappa shape index (κ1) is 17.8. The minimum atomic E-state index is -0.173. The Hall–Kier alpha value is -2.96. The van der Waals surface area contributed by atoms with Crippen LogP contribution in [-0.2, 0) is 4.79 Å². The molecule has 1 aliphatic rings. The highest BCUT2D eigenvalue weighted by Gasteiger charge is 2.19. The minimum Gasteiger partial charge on any atom is -0.481 e. The molecule has 0 spiro atoms. The van der Waals surface area contributed by atoms with Crippen LogP contribution in [0.5, 0.6) is 5.88 Å². The molecule has 0 bridgehead atoms. The largest absolute Gasteiger partial charge is 0.481 e. The van der Waals surface area contributed by atoms with E-state index in [1.54, 1.807) is 37.8 Å². The predicted octanol–water partition coefficient (Wildman–Crippen LogP) is 1.89. The zero-order valence-electron chi connectivity index (χ0n) is 14.8. The molecule has 1 aliphatic heterocycles. The number of nitrogens with zero attached hydrogens (tertiary/aromatic N) is 3. The SMILES string of the molecule is COc1ccc(-c2cncc(C(=O)NCCCN3CCCC3=O)c2)cn1. The number of carbonyl (C=O) groups excluding carboxylic acids is 2. The fourth-order valence-corrected chi connectivity index (χ4v) is 2.91. The van der Waals surface area contributed by atoms with Gasteiger partial charge >= 0.3 is 0 Å². The molecular formula is C19H22N4O3. The molecule has 1 N–H and O–H groups in total. The lowest BCUT2D eigenvalue weighted by molar-refractivity contribution is -0.127. The first-order valence-corrected chi connectivity index (χ1v) is 8.69. The average molecular weight is 354 g/mol. The van der Waals surface area contributed by atoms with E-state index in [1.165, 1.54) is 0 Å². The van der Waals surface area contributed by atoms with Gasteiger partial charge in [0.1, 0.15) is 0 Å². The summed E-state index contributed by atoms with van der Waals surface area (Å²) in [5.74, 6) is 0.571. The normalized spacial score (nSPS) is 13.7. The van der Waals surface area contributed by atoms with Gasteiger partial charge in [-0.1, -0.05) is 0 Å². The second kappa shape index (κ2) is 8.42. The number of ether oxygens (including phenoxy) is 1. The first-order chi connectivity index (χ1) is 12.7. The minimum absolute atomic E-state index is 0.173. The van der Waals surface area contributed by atoms with Gasteiger partial charge < -0.3 is 15.0 Å². The third kappa shape index (κ3) is 4.36. The maximum Gasteiger partial charge on any atom is 0.252 e. The second-order valence-corrected chi connectivity index (χ2v) is 6.15. The maximum atomic E-state index is 12.3. The van der Waals surface area contributed by atoms with Gasteiger partial charge in [0.15, 0.2) is 0 Å². The quantitative estimate of drug-likeness (QED) is 0.768. The van der Waals surface area contributed by atoms with E-state index in [0.29, 0.717) is 31.0 Å². The number of methoxy groups -OCH3 is 1. The van der Waals surface area contributed by atoms with E-state index >= 15 is 0 Å². The van der Waals surface area contributed by atoms with Crippen molar-refractivity contribution in [1.82, 2.24) is 20.2 Å². The van der Waals surface area contributed by atoms with Crippen LogP contribution in [0.1, 0.15) is 29.6 Å². The molecule has 0 radical (unpaired) electrons. The number of hydrogen-bond acceptors (Lipinski definition) is 5. The van der Waals surface area contributed by atoms with Crippen LogP contribution in [0, 0.1) is 0 Å². The summed E-state index contributed by atoms with van der Waals surface area (Å²) in [6, 6.07) is 5.43. The van der Waals surface area contributed by atoms with Crippen LogP contribution >= 0.6 is 0 Å². The molecular weight excluding hydrogens is 332 g/mol. The van der Waals surface area contributed by atoms with Gasteiger partial charge in [0, 0.05) is 61.8 Å². The number of likely N-dealkylation sites (tertiary alicyclic amines) is 1. The number of nitrogens with one attached hydrogen (secondary N) is 1. The molecule has 0 atom stereocenters. The number of amides is 2. The van der Waals surface area contributed by atoms with Gasteiger partial charge in [-0.05, 0) is 25.0 Å². The van der Waals surface area contributed by atoms with Crippen LogP contribution in [0.4, 0.5) is 0 Å². The van der Waals surface area contributed by atoms with Crippen molar-refractivity contribution >= 4 is 11.8 Å². The third-order valence-corrected chi connectivity index (χ3v) is 4.34. The van der Waals surface area contributed by atoms with E-state index in [9.17, 15) is 9.59 Å². The van der Waals surface area contributed by atoms with Crippen LogP contribution in [0.3, 0.4) is 0 Å². The molecule has 2 amide bonds. The molecule has 3 rings (SSSR count). The molecule has 1 saturated heterocycles. The van der Waals surface area contributed by atoms with Crippen molar-refractivity contribution in [3.05, 3.63) is 42.4 Å². The standard InChI is InChI=1S/C19H22N4O3/c1-26-17-6-5-14(13-22-17)15-10-16(12-20-11-15)19(25)21-7-3-9-23-8-2-4-18(23)24/h5-6,10-13H,2-4,7-9H2,1H3,(H,21,25). The van der Waals surface area contributed by atoms with Gasteiger partial charge in [-0.3, -0.25) is 14.6 Å². The topological polar surface area (TPSA) is 84.4 Å². The van der Waals surface area contributed by atoms with Gasteiger partial charge in [0.25, 0.3) is 5.91 Å². The number of hydrogen-bond donors (Lipinski definition) is 1. The molecule has 0 unspecified atom stereocenters. The smallest absolute Gasteiger partial charge is 0.252 e. The summed E-state index contributed by atoms with van der Waals surface area (Å²) < 4.78 is 5.05. The molecule has 2 aromatic rings. The summed E-state index contributed by atoms with van der Waals surface area (Å²) in [5, 5.41) is 2.88. The van der Waals surface area contributed by atoms with E-state index in [1.807, 2.05) is 11.0 Å². The summed E-state index contributed by atoms with van der Waals surface area (Å²) in [7, 11) is 1.56. The summed E-state index contributed by atoms with van der Waals surface area (Å²) in [4.78, 5) is 34.1. The molecule has 0 aromatic carbocycles. The fraction of sp³-hybridized carbons (Fsp3) is 0.368. The lowest BCUT2D eigenvalue weighted by Crippen LogP contribution is -2.30. The van der Waals surface area contributed by atoms with Gasteiger partial charge in [-0.2, -0.15) is 0 Å². The Morgan fingerprint density at radius 2 is 2.15 bits per heavy atom. The van der Waals surface area contributed by atoms with Gasteiger partial charge in [-0.15, -0.1) is 0 Å². The van der Waals surface area contributed by atoms with E-state index in [-0.39, 0.29) is 11.8 Å². The van der Waals surface area contributed by atoms with Gasteiger partial charge in [0.2, 0.25) is 11.8 Å². The van der Waals surface area contributed by atoms with Crippen LogP contribution in [0.25, 0.3) is 11.1 Å². The Morgan fingerprint density at radius 1 is 1.27 bits per heavy atom. The van der Waals surface area contributed by atoms with Crippen molar-refractivity contribution in [2.45, 2.75) is 19.3 Å². The summed E-state index contributed by atoms with van der Waals surface area (Å²) in [6.07, 6.45) is 7.24. The third-order valence-electron chi connectivity index (χ3n) is 4.34. The average Bonchev–Trinajstić information content (AvgIpc) is 3.10. The zero-order valence-corrected chi connectivity index (χ0v) is 14.8. The molecule has 0 saturated carbocycles. The van der Waals surface area contributed by atoms with Gasteiger partial charge in [0.05, 0.1) is 12.7 Å². The van der Waals surface area contributed by atoms with E-state index < -0.39 is 0 Å². The van der Waals surface area contributed by atoms with E-state index in [2.05, 4.69) is 15.3 Å². The number of aromatic nitrogens is 2. The van der Waals surface area contributed by atoms with Crippen molar-refractivity contribution in [2.24, 2.45) is 0 Å². The van der Waals surface area contributed by atoms with Crippen molar-refractivity contribution < 1.29 is 14.3 Å². The predicted molar refractivity (Wildman–Crippen MR) is 96.8 cm³/mol. The Balaban J connectivity index is 1.54.